The lowest BCUT2D eigenvalue weighted by Crippen LogP contribution is -2.11. The minimum absolute atomic E-state index is 0.0381. The summed E-state index contributed by atoms with van der Waals surface area (Å²) in [6.45, 7) is 0. The molecular formula is C9H5BrFN3O3. The van der Waals surface area contributed by atoms with Crippen molar-refractivity contribution in [3.05, 3.63) is 32.5 Å². The number of hydrogen-bond acceptors (Lipinski definition) is 4. The minimum Gasteiger partial charge on any atom is -0.323 e. The Labute approximate surface area is 103 Å². The number of nitro groups is 1. The number of halogens is 2. The van der Waals surface area contributed by atoms with E-state index in [2.05, 4.69) is 21.2 Å². The number of carbonyl (C=O) groups is 1. The van der Waals surface area contributed by atoms with E-state index in [-0.39, 0.29) is 10.2 Å². The van der Waals surface area contributed by atoms with E-state index >= 15 is 0 Å². The first-order valence-corrected chi connectivity index (χ1v) is 5.05. The first-order chi connectivity index (χ1) is 7.95. The monoisotopic (exact) mass is 301 g/mol. The quantitative estimate of drug-likeness (QED) is 0.684. The molecule has 1 aromatic carbocycles. The summed E-state index contributed by atoms with van der Waals surface area (Å²) in [6.07, 6.45) is -0.423. The Morgan fingerprint density at radius 3 is 2.82 bits per heavy atom. The number of anilines is 1. The molecule has 0 heterocycles. The van der Waals surface area contributed by atoms with Gasteiger partial charge >= 0.3 is 0 Å². The third-order valence-corrected chi connectivity index (χ3v) is 2.38. The largest absolute Gasteiger partial charge is 0.323 e. The van der Waals surface area contributed by atoms with Gasteiger partial charge in [-0.25, -0.2) is 4.39 Å². The molecule has 0 fully saturated rings. The molecule has 0 spiro atoms. The highest BCUT2D eigenvalue weighted by atomic mass is 79.9. The fourth-order valence-electron chi connectivity index (χ4n) is 1.04. The zero-order chi connectivity index (χ0) is 13.0. The van der Waals surface area contributed by atoms with Gasteiger partial charge in [0, 0.05) is 0 Å². The Bertz CT molecular complexity index is 527. The highest BCUT2D eigenvalue weighted by molar-refractivity contribution is 9.10. The maximum atomic E-state index is 13.4. The van der Waals surface area contributed by atoms with Gasteiger partial charge < -0.3 is 5.32 Å². The zero-order valence-electron chi connectivity index (χ0n) is 8.24. The van der Waals surface area contributed by atoms with Gasteiger partial charge in [-0.05, 0) is 22.0 Å². The van der Waals surface area contributed by atoms with Crippen molar-refractivity contribution < 1.29 is 14.1 Å². The number of nitrogens with zero attached hydrogens (tertiary/aromatic N) is 2. The molecule has 0 aliphatic carbocycles. The Kier molecular flexibility index (Phi) is 4.12. The van der Waals surface area contributed by atoms with Gasteiger partial charge in [0.2, 0.25) is 5.91 Å². The lowest BCUT2D eigenvalue weighted by Gasteiger charge is -2.05. The normalized spacial score (nSPS) is 9.47. The van der Waals surface area contributed by atoms with Crippen LogP contribution in [0.3, 0.4) is 0 Å². The second-order valence-electron chi connectivity index (χ2n) is 2.92. The van der Waals surface area contributed by atoms with Gasteiger partial charge in [-0.3, -0.25) is 14.9 Å². The molecule has 0 saturated carbocycles. The SMILES string of the molecule is N#CCC(=O)Nc1cc(Br)c([N+](=O)[O-])cc1F. The molecule has 0 saturated heterocycles. The van der Waals surface area contributed by atoms with Gasteiger partial charge in [0.15, 0.2) is 5.82 Å². The van der Waals surface area contributed by atoms with E-state index in [0.29, 0.717) is 6.07 Å². The smallest absolute Gasteiger partial charge is 0.286 e. The molecule has 17 heavy (non-hydrogen) atoms. The second kappa shape index (κ2) is 5.36. The van der Waals surface area contributed by atoms with Crippen molar-refractivity contribution in [2.75, 3.05) is 5.32 Å². The van der Waals surface area contributed by atoms with Crippen molar-refractivity contribution >= 4 is 33.2 Å². The maximum Gasteiger partial charge on any atom is 0.286 e. The highest BCUT2D eigenvalue weighted by Gasteiger charge is 2.17. The van der Waals surface area contributed by atoms with Gasteiger partial charge in [0.05, 0.1) is 27.2 Å². The van der Waals surface area contributed by atoms with Crippen LogP contribution in [-0.2, 0) is 4.79 Å². The molecule has 0 aliphatic rings. The topological polar surface area (TPSA) is 96.0 Å². The van der Waals surface area contributed by atoms with Crippen LogP contribution in [0.15, 0.2) is 16.6 Å². The number of amides is 1. The predicted molar refractivity (Wildman–Crippen MR) is 59.6 cm³/mol. The molecule has 0 aromatic heterocycles. The Balaban J connectivity index is 3.04. The van der Waals surface area contributed by atoms with Crippen molar-refractivity contribution in [3.8, 4) is 6.07 Å². The van der Waals surface area contributed by atoms with Crippen molar-refractivity contribution in [2.24, 2.45) is 0 Å². The number of nitrogens with one attached hydrogen (secondary N) is 1. The van der Waals surface area contributed by atoms with E-state index in [1.807, 2.05) is 0 Å². The predicted octanol–water partition coefficient (Wildman–Crippen LogP) is 2.35. The second-order valence-corrected chi connectivity index (χ2v) is 3.78. The Morgan fingerprint density at radius 1 is 1.65 bits per heavy atom. The summed E-state index contributed by atoms with van der Waals surface area (Å²) in [4.78, 5) is 20.8. The minimum atomic E-state index is -0.939. The molecule has 1 amide bonds. The molecule has 0 bridgehead atoms. The number of nitriles is 1. The molecule has 8 heteroatoms. The van der Waals surface area contributed by atoms with Crippen LogP contribution in [0, 0.1) is 27.3 Å². The van der Waals surface area contributed by atoms with Crippen molar-refractivity contribution in [3.63, 3.8) is 0 Å². The fraction of sp³-hybridized carbons (Fsp3) is 0.111. The summed E-state index contributed by atoms with van der Waals surface area (Å²) in [7, 11) is 0. The van der Waals surface area contributed by atoms with Crippen LogP contribution < -0.4 is 5.32 Å². The molecule has 0 radical (unpaired) electrons. The van der Waals surface area contributed by atoms with Gasteiger partial charge in [0.1, 0.15) is 6.42 Å². The Hall–Kier alpha value is -2.01. The van der Waals surface area contributed by atoms with Crippen LogP contribution >= 0.6 is 15.9 Å². The van der Waals surface area contributed by atoms with Crippen molar-refractivity contribution in [2.45, 2.75) is 6.42 Å². The summed E-state index contributed by atoms with van der Waals surface area (Å²) in [5, 5.41) is 20.9. The van der Waals surface area contributed by atoms with Gasteiger partial charge in [-0.1, -0.05) is 0 Å². The third-order valence-electron chi connectivity index (χ3n) is 1.75. The zero-order valence-corrected chi connectivity index (χ0v) is 9.82. The van der Waals surface area contributed by atoms with Crippen LogP contribution in [-0.4, -0.2) is 10.8 Å². The number of hydrogen-bond donors (Lipinski definition) is 1. The number of nitro benzene ring substituents is 1. The molecular weight excluding hydrogens is 297 g/mol. The average molecular weight is 302 g/mol. The van der Waals surface area contributed by atoms with E-state index < -0.39 is 28.8 Å². The van der Waals surface area contributed by atoms with Crippen LogP contribution in [0.4, 0.5) is 15.8 Å². The summed E-state index contributed by atoms with van der Waals surface area (Å²) in [5.41, 5.74) is -0.663. The lowest BCUT2D eigenvalue weighted by molar-refractivity contribution is -0.385. The third kappa shape index (κ3) is 3.22. The molecule has 1 N–H and O–H groups in total. The summed E-state index contributed by atoms with van der Waals surface area (Å²) < 4.78 is 13.4. The molecule has 1 rings (SSSR count). The van der Waals surface area contributed by atoms with Gasteiger partial charge in [-0.15, -0.1) is 0 Å². The Morgan fingerprint density at radius 2 is 2.29 bits per heavy atom. The first-order valence-electron chi connectivity index (χ1n) is 4.26. The molecule has 0 aliphatic heterocycles. The van der Waals surface area contributed by atoms with Crippen LogP contribution in [0.5, 0.6) is 0 Å². The van der Waals surface area contributed by atoms with Crippen LogP contribution in [0.2, 0.25) is 0 Å². The molecule has 0 atom stereocenters. The highest BCUT2D eigenvalue weighted by Crippen LogP contribution is 2.30. The van der Waals surface area contributed by atoms with Crippen LogP contribution in [0.25, 0.3) is 0 Å². The van der Waals surface area contributed by atoms with E-state index in [1.165, 1.54) is 0 Å². The standard InChI is InChI=1S/C9H5BrFN3O3/c10-5-3-7(13-9(15)1-2-12)6(11)4-8(5)14(16)17/h3-4H,1H2,(H,13,15). The van der Waals surface area contributed by atoms with Crippen molar-refractivity contribution in [1.29, 1.82) is 5.26 Å². The summed E-state index contributed by atoms with van der Waals surface area (Å²) in [5.74, 6) is -1.63. The number of carbonyl (C=O) groups excluding carboxylic acids is 1. The number of rotatable bonds is 3. The van der Waals surface area contributed by atoms with Gasteiger partial charge in [0.25, 0.3) is 5.69 Å². The fourth-order valence-corrected chi connectivity index (χ4v) is 1.53. The van der Waals surface area contributed by atoms with Gasteiger partial charge in [-0.2, -0.15) is 5.26 Å². The van der Waals surface area contributed by atoms with E-state index in [9.17, 15) is 19.3 Å². The van der Waals surface area contributed by atoms with E-state index in [4.69, 9.17) is 5.26 Å². The van der Waals surface area contributed by atoms with E-state index in [0.717, 1.165) is 6.07 Å². The summed E-state index contributed by atoms with van der Waals surface area (Å²) >= 11 is 2.89. The van der Waals surface area contributed by atoms with Crippen molar-refractivity contribution in [1.82, 2.24) is 0 Å². The number of benzene rings is 1. The van der Waals surface area contributed by atoms with E-state index in [1.54, 1.807) is 6.07 Å². The summed E-state index contributed by atoms with van der Waals surface area (Å²) in [6, 6.07) is 3.36. The maximum absolute atomic E-state index is 13.4. The molecule has 1 aromatic rings. The average Bonchev–Trinajstić information content (AvgIpc) is 2.22. The molecule has 0 unspecified atom stereocenters. The lowest BCUT2D eigenvalue weighted by atomic mass is 10.2. The van der Waals surface area contributed by atoms with Crippen LogP contribution in [0.1, 0.15) is 6.42 Å². The molecule has 88 valence electrons. The molecule has 6 nitrogen and oxygen atoms in total. The first kappa shape index (κ1) is 13.1.